The van der Waals surface area contributed by atoms with E-state index in [1.807, 2.05) is 11.8 Å². The number of anilines is 3. The van der Waals surface area contributed by atoms with Gasteiger partial charge in [-0.05, 0) is 36.4 Å². The maximum Gasteiger partial charge on any atom is 0.345 e. The summed E-state index contributed by atoms with van der Waals surface area (Å²) in [4.78, 5) is 17.4. The summed E-state index contributed by atoms with van der Waals surface area (Å²) < 4.78 is 44.0. The highest BCUT2D eigenvalue weighted by Gasteiger charge is 2.23. The van der Waals surface area contributed by atoms with E-state index in [2.05, 4.69) is 20.1 Å². The number of carbonyl (C=O) groups is 1. The first kappa shape index (κ1) is 25.8. The Bertz CT molecular complexity index is 1510. The Balaban J connectivity index is 1.82. The number of hydrogen-bond acceptors (Lipinski definition) is 8. The highest BCUT2D eigenvalue weighted by atomic mass is 35.5. The van der Waals surface area contributed by atoms with E-state index in [-0.39, 0.29) is 11.6 Å². The van der Waals surface area contributed by atoms with Crippen LogP contribution in [-0.4, -0.2) is 48.1 Å². The van der Waals surface area contributed by atoms with Gasteiger partial charge in [-0.3, -0.25) is 4.79 Å². The molecule has 0 aliphatic heterocycles. The van der Waals surface area contributed by atoms with Gasteiger partial charge in [-0.1, -0.05) is 42.0 Å². The molecule has 0 spiro atoms. The van der Waals surface area contributed by atoms with E-state index in [9.17, 15) is 17.6 Å². The molecule has 36 heavy (non-hydrogen) atoms. The third kappa shape index (κ3) is 5.59. The Morgan fingerprint density at radius 1 is 1.25 bits per heavy atom. The Kier molecular flexibility index (Phi) is 7.73. The molecule has 0 aliphatic carbocycles. The van der Waals surface area contributed by atoms with E-state index in [4.69, 9.17) is 17.3 Å². The number of thiazole rings is 1. The normalized spacial score (nSPS) is 11.6. The molecule has 0 unspecified atom stereocenters. The number of aromatic nitrogens is 3. The van der Waals surface area contributed by atoms with Crippen LogP contribution < -0.4 is 20.7 Å². The van der Waals surface area contributed by atoms with E-state index in [0.717, 1.165) is 22.0 Å². The number of nitrogens with one attached hydrogen (secondary N) is 2. The highest BCUT2D eigenvalue weighted by Crippen LogP contribution is 2.35. The van der Waals surface area contributed by atoms with Gasteiger partial charge in [0.05, 0.1) is 30.0 Å². The molecule has 10 nitrogen and oxygen atoms in total. The van der Waals surface area contributed by atoms with Crippen LogP contribution in [0.4, 0.5) is 20.9 Å². The zero-order valence-electron chi connectivity index (χ0n) is 19.1. The Morgan fingerprint density at radius 2 is 2.06 bits per heavy atom. The van der Waals surface area contributed by atoms with Crippen molar-refractivity contribution in [2.24, 2.45) is 5.73 Å². The number of nitrogens with two attached hydrogens (primary N) is 1. The molecule has 0 fully saturated rings. The van der Waals surface area contributed by atoms with Crippen molar-refractivity contribution in [1.82, 2.24) is 19.5 Å². The van der Waals surface area contributed by atoms with Crippen molar-refractivity contribution in [3.8, 4) is 0 Å². The lowest BCUT2D eigenvalue weighted by atomic mass is 10.1. The number of primary amides is 1. The number of carbonyl (C=O) groups excluding carboxylic acids is 1. The minimum atomic E-state index is -4.15. The molecule has 14 heteroatoms. The van der Waals surface area contributed by atoms with E-state index in [0.29, 0.717) is 45.3 Å². The van der Waals surface area contributed by atoms with Crippen molar-refractivity contribution in [3.63, 3.8) is 0 Å². The SMILES string of the molecule is CCNCCN(c1cc(F)ccc1CC(N)=O)c1cccc2c1cnn2S(=O)(=O)Nc1ncc(Cl)s1. The summed E-state index contributed by atoms with van der Waals surface area (Å²) in [6, 6.07) is 9.19. The number of rotatable bonds is 11. The largest absolute Gasteiger partial charge is 0.369 e. The van der Waals surface area contributed by atoms with E-state index in [1.54, 1.807) is 18.2 Å². The number of halogens is 2. The average Bonchev–Trinajstić information content (AvgIpc) is 3.44. The zero-order valence-corrected chi connectivity index (χ0v) is 21.5. The molecule has 1 amide bonds. The van der Waals surface area contributed by atoms with Crippen LogP contribution in [-0.2, 0) is 21.4 Å². The van der Waals surface area contributed by atoms with Gasteiger partial charge in [-0.2, -0.15) is 13.5 Å². The Labute approximate surface area is 216 Å². The molecule has 2 aromatic heterocycles. The van der Waals surface area contributed by atoms with Gasteiger partial charge in [0.25, 0.3) is 0 Å². The second kappa shape index (κ2) is 10.8. The third-order valence-corrected chi connectivity index (χ3v) is 7.59. The molecule has 0 saturated carbocycles. The monoisotopic (exact) mass is 551 g/mol. The lowest BCUT2D eigenvalue weighted by Gasteiger charge is -2.28. The summed E-state index contributed by atoms with van der Waals surface area (Å²) in [5.41, 5.74) is 7.31. The van der Waals surface area contributed by atoms with Crippen LogP contribution in [0.25, 0.3) is 10.9 Å². The maximum absolute atomic E-state index is 14.4. The molecule has 4 N–H and O–H groups in total. The number of fused-ring (bicyclic) bond motifs is 1. The fourth-order valence-corrected chi connectivity index (χ4v) is 5.85. The molecule has 4 rings (SSSR count). The lowest BCUT2D eigenvalue weighted by Crippen LogP contribution is -2.30. The van der Waals surface area contributed by atoms with Gasteiger partial charge in [-0.15, -0.1) is 4.09 Å². The summed E-state index contributed by atoms with van der Waals surface area (Å²) in [6.45, 7) is 3.62. The summed E-state index contributed by atoms with van der Waals surface area (Å²) >= 11 is 6.84. The predicted molar refractivity (Wildman–Crippen MR) is 140 cm³/mol. The molecule has 0 saturated heterocycles. The summed E-state index contributed by atoms with van der Waals surface area (Å²) in [7, 11) is -4.15. The third-order valence-electron chi connectivity index (χ3n) is 5.24. The summed E-state index contributed by atoms with van der Waals surface area (Å²) in [5.74, 6) is -1.04. The van der Waals surface area contributed by atoms with E-state index in [1.165, 1.54) is 30.6 Å². The quantitative estimate of drug-likeness (QED) is 0.243. The fraction of sp³-hybridized carbons (Fsp3) is 0.227. The molecule has 4 aromatic rings. The maximum atomic E-state index is 14.4. The molecular formula is C22H23ClFN7O3S2. The molecule has 0 bridgehead atoms. The van der Waals surface area contributed by atoms with Crippen LogP contribution in [0.2, 0.25) is 4.34 Å². The van der Waals surface area contributed by atoms with E-state index >= 15 is 0 Å². The van der Waals surface area contributed by atoms with Gasteiger partial charge in [0.1, 0.15) is 10.2 Å². The predicted octanol–water partition coefficient (Wildman–Crippen LogP) is 3.27. The molecule has 2 heterocycles. The van der Waals surface area contributed by atoms with Gasteiger partial charge in [-0.25, -0.2) is 14.1 Å². The lowest BCUT2D eigenvalue weighted by molar-refractivity contribution is -0.117. The first-order valence-electron chi connectivity index (χ1n) is 10.9. The smallest absolute Gasteiger partial charge is 0.345 e. The van der Waals surface area contributed by atoms with Crippen LogP contribution in [0.5, 0.6) is 0 Å². The molecule has 0 atom stereocenters. The van der Waals surface area contributed by atoms with Crippen molar-refractivity contribution >= 4 is 66.5 Å². The minimum Gasteiger partial charge on any atom is -0.369 e. The molecule has 0 aliphatic rings. The van der Waals surface area contributed by atoms with Crippen molar-refractivity contribution in [2.75, 3.05) is 29.3 Å². The number of hydrogen-bond donors (Lipinski definition) is 3. The summed E-state index contributed by atoms with van der Waals surface area (Å²) in [5, 5.41) is 7.95. The Morgan fingerprint density at radius 3 is 2.75 bits per heavy atom. The molecule has 190 valence electrons. The van der Waals surface area contributed by atoms with Crippen molar-refractivity contribution in [2.45, 2.75) is 13.3 Å². The van der Waals surface area contributed by atoms with Crippen LogP contribution in [0.15, 0.2) is 48.8 Å². The van der Waals surface area contributed by atoms with Gasteiger partial charge < -0.3 is 16.0 Å². The van der Waals surface area contributed by atoms with Crippen molar-refractivity contribution < 1.29 is 17.6 Å². The standard InChI is InChI=1S/C22H23ClFN7O3S2/c1-2-26-8-9-30(19-11-15(24)7-6-14(19)10-21(25)32)17-4-3-5-18-16(17)12-28-31(18)36(33,34)29-22-27-13-20(23)35-22/h3-7,11-13,26H,2,8-10H2,1H3,(H2,25,32)(H,27,29). The number of benzene rings is 2. The van der Waals surface area contributed by atoms with Gasteiger partial charge in [0, 0.05) is 24.2 Å². The minimum absolute atomic E-state index is 0.0861. The topological polar surface area (TPSA) is 135 Å². The second-order valence-electron chi connectivity index (χ2n) is 7.70. The van der Waals surface area contributed by atoms with Crippen LogP contribution >= 0.6 is 22.9 Å². The van der Waals surface area contributed by atoms with Gasteiger partial charge in [0.15, 0.2) is 5.13 Å². The number of nitrogens with zero attached hydrogens (tertiary/aromatic N) is 4. The summed E-state index contributed by atoms with van der Waals surface area (Å²) in [6.07, 6.45) is 2.68. The van der Waals surface area contributed by atoms with E-state index < -0.39 is 21.9 Å². The van der Waals surface area contributed by atoms with Gasteiger partial charge in [0.2, 0.25) is 5.91 Å². The van der Waals surface area contributed by atoms with Crippen LogP contribution in [0.1, 0.15) is 12.5 Å². The van der Waals surface area contributed by atoms with Crippen molar-refractivity contribution in [1.29, 1.82) is 0 Å². The number of amides is 1. The second-order valence-corrected chi connectivity index (χ2v) is 10.9. The Hall–Kier alpha value is -3.26. The molecule has 0 radical (unpaired) electrons. The van der Waals surface area contributed by atoms with Crippen molar-refractivity contribution in [3.05, 3.63) is 64.5 Å². The fourth-order valence-electron chi connectivity index (χ4n) is 3.76. The number of likely N-dealkylation sites (N-methyl/N-ethyl adjacent to an activating group) is 1. The molecular weight excluding hydrogens is 529 g/mol. The highest BCUT2D eigenvalue weighted by molar-refractivity contribution is 7.91. The molecule has 2 aromatic carbocycles. The first-order valence-corrected chi connectivity index (χ1v) is 13.5. The van der Waals surface area contributed by atoms with Crippen LogP contribution in [0, 0.1) is 5.82 Å². The van der Waals surface area contributed by atoms with Gasteiger partial charge >= 0.3 is 10.2 Å². The first-order chi connectivity index (χ1) is 17.2. The average molecular weight is 552 g/mol. The zero-order chi connectivity index (χ0) is 25.9. The van der Waals surface area contributed by atoms with Crippen LogP contribution in [0.3, 0.4) is 0 Å².